The van der Waals surface area contributed by atoms with Crippen LogP contribution in [0.5, 0.6) is 0 Å². The number of para-hydroxylation sites is 1. The number of rotatable bonds is 7. The van der Waals surface area contributed by atoms with Gasteiger partial charge in [0.25, 0.3) is 0 Å². The molecule has 7 heteroatoms. The average Bonchev–Trinajstić information content (AvgIpc) is 2.83. The van der Waals surface area contributed by atoms with Crippen molar-refractivity contribution in [3.63, 3.8) is 0 Å². The largest absolute Gasteiger partial charge is 0.466 e. The highest BCUT2D eigenvalue weighted by Gasteiger charge is 2.24. The van der Waals surface area contributed by atoms with Crippen molar-refractivity contribution in [2.24, 2.45) is 0 Å². The van der Waals surface area contributed by atoms with Crippen LogP contribution in [0.15, 0.2) is 65.2 Å². The van der Waals surface area contributed by atoms with Gasteiger partial charge in [-0.2, -0.15) is 0 Å². The zero-order valence-corrected chi connectivity index (χ0v) is 18.6. The van der Waals surface area contributed by atoms with Gasteiger partial charge in [-0.1, -0.05) is 55.7 Å². The van der Waals surface area contributed by atoms with E-state index in [2.05, 4.69) is 10.1 Å². The second-order valence-electron chi connectivity index (χ2n) is 7.30. The summed E-state index contributed by atoms with van der Waals surface area (Å²) in [7, 11) is 1.34. The van der Waals surface area contributed by atoms with E-state index in [1.807, 2.05) is 42.5 Å². The Morgan fingerprint density at radius 1 is 0.935 bits per heavy atom. The van der Waals surface area contributed by atoms with Gasteiger partial charge >= 0.3 is 11.9 Å². The number of anilines is 1. The average molecular weight is 442 g/mol. The Bertz CT molecular complexity index is 995. The summed E-state index contributed by atoms with van der Waals surface area (Å²) in [6.07, 6.45) is 6.40. The number of hydrogen-bond acceptors (Lipinski definition) is 6. The Labute approximate surface area is 185 Å². The van der Waals surface area contributed by atoms with Crippen LogP contribution < -0.4 is 5.32 Å². The normalized spacial score (nSPS) is 15.7. The molecule has 0 aromatic heterocycles. The number of nitrogens with one attached hydrogen (secondary N) is 1. The van der Waals surface area contributed by atoms with Crippen LogP contribution in [0.1, 0.15) is 32.1 Å². The fourth-order valence-corrected chi connectivity index (χ4v) is 5.46. The van der Waals surface area contributed by atoms with Gasteiger partial charge in [0.2, 0.25) is 0 Å². The molecule has 0 heterocycles. The van der Waals surface area contributed by atoms with Crippen molar-refractivity contribution in [1.82, 2.24) is 0 Å². The first kappa shape index (κ1) is 22.7. The topological polar surface area (TPSA) is 81.7 Å². The molecule has 1 unspecified atom stereocenters. The Balaban J connectivity index is 2.00. The number of esters is 2. The molecule has 3 rings (SSSR count). The minimum Gasteiger partial charge on any atom is -0.466 e. The van der Waals surface area contributed by atoms with E-state index in [-0.39, 0.29) is 10.9 Å². The SMILES string of the molecule is COC(=O)/C=C(/Nc1ccccc1-c1ccccc1S(=O)C1CCCCC1)C(=O)OC. The van der Waals surface area contributed by atoms with E-state index in [0.29, 0.717) is 5.69 Å². The highest BCUT2D eigenvalue weighted by atomic mass is 32.2. The van der Waals surface area contributed by atoms with Gasteiger partial charge in [-0.25, -0.2) is 9.59 Å². The summed E-state index contributed by atoms with van der Waals surface area (Å²) in [5.74, 6) is -1.37. The molecule has 6 nitrogen and oxygen atoms in total. The monoisotopic (exact) mass is 441 g/mol. The van der Waals surface area contributed by atoms with Crippen LogP contribution in [0.3, 0.4) is 0 Å². The van der Waals surface area contributed by atoms with E-state index in [1.165, 1.54) is 20.6 Å². The first-order valence-corrected chi connectivity index (χ1v) is 11.5. The minimum atomic E-state index is -1.13. The lowest BCUT2D eigenvalue weighted by molar-refractivity contribution is -0.138. The van der Waals surface area contributed by atoms with Gasteiger partial charge in [-0.15, -0.1) is 0 Å². The minimum absolute atomic E-state index is 0.0484. The molecular formula is C24H27NO5S. The number of hydrogen-bond donors (Lipinski definition) is 1. The zero-order chi connectivity index (χ0) is 22.2. The Kier molecular flexibility index (Phi) is 8.00. The maximum Gasteiger partial charge on any atom is 0.354 e. The van der Waals surface area contributed by atoms with E-state index < -0.39 is 22.7 Å². The van der Waals surface area contributed by atoms with E-state index in [0.717, 1.165) is 47.8 Å². The summed E-state index contributed by atoms with van der Waals surface area (Å²) < 4.78 is 22.8. The molecule has 2 aromatic carbocycles. The molecule has 1 atom stereocenters. The van der Waals surface area contributed by atoms with E-state index >= 15 is 0 Å². The van der Waals surface area contributed by atoms with Crippen LogP contribution in [0, 0.1) is 0 Å². The molecule has 0 saturated heterocycles. The summed E-state index contributed by atoms with van der Waals surface area (Å²) in [5.41, 5.74) is 2.16. The number of benzene rings is 2. The van der Waals surface area contributed by atoms with Crippen molar-refractivity contribution in [1.29, 1.82) is 0 Å². The first-order chi connectivity index (χ1) is 15.0. The molecule has 0 aliphatic heterocycles. The van der Waals surface area contributed by atoms with Crippen molar-refractivity contribution in [3.8, 4) is 11.1 Å². The van der Waals surface area contributed by atoms with Crippen LogP contribution in [0.4, 0.5) is 5.69 Å². The molecule has 1 fully saturated rings. The van der Waals surface area contributed by atoms with Gasteiger partial charge in [0.15, 0.2) is 0 Å². The summed E-state index contributed by atoms with van der Waals surface area (Å²) in [5, 5.41) is 3.15. The van der Waals surface area contributed by atoms with Crippen molar-refractivity contribution in [2.45, 2.75) is 42.2 Å². The predicted octanol–water partition coefficient (Wildman–Crippen LogP) is 4.44. The number of carbonyl (C=O) groups is 2. The van der Waals surface area contributed by atoms with E-state index in [9.17, 15) is 13.8 Å². The van der Waals surface area contributed by atoms with Gasteiger partial charge in [0.1, 0.15) is 5.70 Å². The van der Waals surface area contributed by atoms with Crippen molar-refractivity contribution in [3.05, 3.63) is 60.3 Å². The van der Waals surface area contributed by atoms with Gasteiger partial charge in [0, 0.05) is 21.4 Å². The summed E-state index contributed by atoms with van der Waals surface area (Å²) in [6, 6.07) is 15.0. The molecule has 164 valence electrons. The molecular weight excluding hydrogens is 414 g/mol. The lowest BCUT2D eigenvalue weighted by Crippen LogP contribution is -2.19. The van der Waals surface area contributed by atoms with Crippen LogP contribution >= 0.6 is 0 Å². The van der Waals surface area contributed by atoms with Crippen LogP contribution in [-0.2, 0) is 29.9 Å². The van der Waals surface area contributed by atoms with E-state index in [4.69, 9.17) is 4.74 Å². The summed E-state index contributed by atoms with van der Waals surface area (Å²) >= 11 is 0. The number of methoxy groups -OCH3 is 2. The van der Waals surface area contributed by atoms with Crippen molar-refractivity contribution >= 4 is 28.4 Å². The third-order valence-corrected chi connectivity index (χ3v) is 7.18. The smallest absolute Gasteiger partial charge is 0.354 e. The summed E-state index contributed by atoms with van der Waals surface area (Å²) in [4.78, 5) is 24.7. The fourth-order valence-electron chi connectivity index (χ4n) is 3.73. The third kappa shape index (κ3) is 5.61. The molecule has 0 spiro atoms. The molecule has 1 aliphatic rings. The van der Waals surface area contributed by atoms with Crippen LogP contribution in [0.25, 0.3) is 11.1 Å². The lowest BCUT2D eigenvalue weighted by atomic mass is 10.0. The number of carbonyl (C=O) groups excluding carboxylic acids is 2. The highest BCUT2D eigenvalue weighted by molar-refractivity contribution is 7.85. The number of ether oxygens (including phenoxy) is 2. The van der Waals surface area contributed by atoms with Crippen LogP contribution in [-0.4, -0.2) is 35.6 Å². The molecule has 0 bridgehead atoms. The molecule has 0 amide bonds. The molecule has 0 radical (unpaired) electrons. The maximum atomic E-state index is 13.4. The van der Waals surface area contributed by atoms with Gasteiger partial charge in [-0.3, -0.25) is 4.21 Å². The second-order valence-corrected chi connectivity index (χ2v) is 9.00. The standard InChI is InChI=1S/C24H27NO5S/c1-29-23(26)16-21(24(27)30-2)25-20-14-8-6-12-18(20)19-13-7-9-15-22(19)31(28)17-10-4-3-5-11-17/h6-9,12-17,25H,3-5,10-11H2,1-2H3/b21-16+. The van der Waals surface area contributed by atoms with Gasteiger partial charge < -0.3 is 14.8 Å². The summed E-state index contributed by atoms with van der Waals surface area (Å²) in [6.45, 7) is 0. The molecule has 2 aromatic rings. The highest BCUT2D eigenvalue weighted by Crippen LogP contribution is 2.35. The Morgan fingerprint density at radius 3 is 2.26 bits per heavy atom. The van der Waals surface area contributed by atoms with Gasteiger partial charge in [-0.05, 0) is 30.5 Å². The quantitative estimate of drug-likeness (QED) is 0.505. The van der Waals surface area contributed by atoms with Crippen molar-refractivity contribution in [2.75, 3.05) is 19.5 Å². The molecule has 1 aliphatic carbocycles. The third-order valence-electron chi connectivity index (χ3n) is 5.31. The zero-order valence-electron chi connectivity index (χ0n) is 17.8. The maximum absolute atomic E-state index is 13.4. The van der Waals surface area contributed by atoms with Gasteiger partial charge in [0.05, 0.1) is 31.1 Å². The Morgan fingerprint density at radius 2 is 1.58 bits per heavy atom. The first-order valence-electron chi connectivity index (χ1n) is 10.3. The van der Waals surface area contributed by atoms with Crippen LogP contribution in [0.2, 0.25) is 0 Å². The molecule has 31 heavy (non-hydrogen) atoms. The predicted molar refractivity (Wildman–Crippen MR) is 121 cm³/mol. The van der Waals surface area contributed by atoms with E-state index in [1.54, 1.807) is 6.07 Å². The lowest BCUT2D eigenvalue weighted by Gasteiger charge is -2.23. The molecule has 1 saturated carbocycles. The Hall–Kier alpha value is -2.93. The molecule has 1 N–H and O–H groups in total. The van der Waals surface area contributed by atoms with Crippen molar-refractivity contribution < 1.29 is 23.3 Å². The fraction of sp³-hybridized carbons (Fsp3) is 0.333. The second kappa shape index (κ2) is 10.9.